The number of nitrogens with zero attached hydrogens (tertiary/aromatic N) is 2. The summed E-state index contributed by atoms with van der Waals surface area (Å²) in [6, 6.07) is 12.6. The van der Waals surface area contributed by atoms with E-state index >= 15 is 0 Å². The van der Waals surface area contributed by atoms with Crippen LogP contribution < -0.4 is 15.1 Å². The second-order valence-corrected chi connectivity index (χ2v) is 7.94. The van der Waals surface area contributed by atoms with Gasteiger partial charge in [0.15, 0.2) is 0 Å². The number of morpholine rings is 1. The Morgan fingerprint density at radius 3 is 2.55 bits per heavy atom. The quantitative estimate of drug-likeness (QED) is 0.696. The lowest BCUT2D eigenvalue weighted by atomic mass is 10.1. The zero-order chi connectivity index (χ0) is 22.0. The molecule has 0 bridgehead atoms. The highest BCUT2D eigenvalue weighted by Crippen LogP contribution is 2.25. The van der Waals surface area contributed by atoms with E-state index in [4.69, 9.17) is 9.47 Å². The summed E-state index contributed by atoms with van der Waals surface area (Å²) in [7, 11) is 0. The van der Waals surface area contributed by atoms with Gasteiger partial charge in [0.25, 0.3) is 11.8 Å². The van der Waals surface area contributed by atoms with Gasteiger partial charge in [-0.2, -0.15) is 0 Å². The molecule has 2 aromatic carbocycles. The molecule has 162 valence electrons. The van der Waals surface area contributed by atoms with Crippen LogP contribution in [0.1, 0.15) is 15.9 Å². The third-order valence-corrected chi connectivity index (χ3v) is 5.61. The first-order valence-electron chi connectivity index (χ1n) is 9.96. The third-order valence-electron chi connectivity index (χ3n) is 5.22. The molecular weight excluding hydrogens is 418 g/mol. The highest BCUT2D eigenvalue weighted by Gasteiger charge is 2.33. The fourth-order valence-electron chi connectivity index (χ4n) is 3.58. The lowest BCUT2D eigenvalue weighted by Crippen LogP contribution is -2.41. The number of carbonyl (C=O) groups excluding carboxylic acids is 3. The van der Waals surface area contributed by atoms with Gasteiger partial charge < -0.3 is 19.7 Å². The lowest BCUT2D eigenvalue weighted by Gasteiger charge is -2.27. The van der Waals surface area contributed by atoms with Crippen LogP contribution in [0.25, 0.3) is 0 Å². The van der Waals surface area contributed by atoms with Gasteiger partial charge in [0.05, 0.1) is 25.3 Å². The monoisotopic (exact) mass is 441 g/mol. The number of nitrogens with one attached hydrogen (secondary N) is 1. The summed E-state index contributed by atoms with van der Waals surface area (Å²) >= 11 is 4.33. The highest BCUT2D eigenvalue weighted by atomic mass is 32.1. The first-order chi connectivity index (χ1) is 14.9. The summed E-state index contributed by atoms with van der Waals surface area (Å²) in [5.41, 5.74) is 2.87. The van der Waals surface area contributed by atoms with E-state index in [9.17, 15) is 14.4 Å². The molecule has 0 radical (unpaired) electrons. The van der Waals surface area contributed by atoms with Crippen molar-refractivity contribution >= 4 is 41.9 Å². The molecule has 2 heterocycles. The summed E-state index contributed by atoms with van der Waals surface area (Å²) in [5, 5.41) is 2.81. The van der Waals surface area contributed by atoms with Crippen molar-refractivity contribution in [1.82, 2.24) is 5.32 Å². The Hall–Kier alpha value is -3.04. The topological polar surface area (TPSA) is 88.2 Å². The van der Waals surface area contributed by atoms with Crippen LogP contribution in [0.4, 0.5) is 16.2 Å². The maximum atomic E-state index is 12.5. The van der Waals surface area contributed by atoms with E-state index in [1.54, 1.807) is 41.3 Å². The number of hydrogen-bond donors (Lipinski definition) is 2. The molecule has 31 heavy (non-hydrogen) atoms. The van der Waals surface area contributed by atoms with E-state index in [1.807, 2.05) is 13.0 Å². The van der Waals surface area contributed by atoms with Crippen LogP contribution in [0.15, 0.2) is 47.4 Å². The zero-order valence-electron chi connectivity index (χ0n) is 17.0. The first-order valence-corrected chi connectivity index (χ1v) is 10.4. The number of ether oxygens (including phenoxy) is 2. The normalized spacial score (nSPS) is 18.8. The van der Waals surface area contributed by atoms with E-state index < -0.39 is 12.2 Å². The minimum absolute atomic E-state index is 0.0743. The van der Waals surface area contributed by atoms with E-state index in [0.29, 0.717) is 35.8 Å². The van der Waals surface area contributed by atoms with Crippen molar-refractivity contribution in [3.05, 3.63) is 53.6 Å². The van der Waals surface area contributed by atoms with Crippen molar-refractivity contribution in [2.24, 2.45) is 0 Å². The van der Waals surface area contributed by atoms with Crippen LogP contribution in [0.3, 0.4) is 0 Å². The number of hydrogen-bond acceptors (Lipinski definition) is 6. The number of carbonyl (C=O) groups is 3. The minimum atomic E-state index is -0.472. The molecule has 2 aliphatic rings. The van der Waals surface area contributed by atoms with Crippen molar-refractivity contribution in [2.45, 2.75) is 17.9 Å². The summed E-state index contributed by atoms with van der Waals surface area (Å²) in [6.45, 7) is 3.49. The van der Waals surface area contributed by atoms with Crippen molar-refractivity contribution in [3.63, 3.8) is 0 Å². The molecule has 0 unspecified atom stereocenters. The molecule has 2 aliphatic heterocycles. The SMILES string of the molecule is Cc1ccc(S)c(C(=O)NC[C@H]2CN(c3ccc(N4CCOCC4=O)cc3)C(=O)O2)c1. The number of amides is 3. The molecule has 9 heteroatoms. The van der Waals surface area contributed by atoms with Gasteiger partial charge in [0.2, 0.25) is 0 Å². The Morgan fingerprint density at radius 1 is 1.13 bits per heavy atom. The molecule has 3 amide bonds. The molecule has 2 fully saturated rings. The van der Waals surface area contributed by atoms with Crippen molar-refractivity contribution in [1.29, 1.82) is 0 Å². The van der Waals surface area contributed by atoms with Crippen molar-refractivity contribution in [2.75, 3.05) is 42.6 Å². The molecule has 0 aromatic heterocycles. The van der Waals surface area contributed by atoms with E-state index in [2.05, 4.69) is 17.9 Å². The van der Waals surface area contributed by atoms with Gasteiger partial charge in [-0.05, 0) is 43.3 Å². The summed E-state index contributed by atoms with van der Waals surface area (Å²) in [5.74, 6) is -0.351. The maximum absolute atomic E-state index is 12.5. The smallest absolute Gasteiger partial charge is 0.414 e. The average Bonchev–Trinajstić information content (AvgIpc) is 3.15. The number of benzene rings is 2. The molecule has 2 saturated heterocycles. The Labute approximate surface area is 185 Å². The maximum Gasteiger partial charge on any atom is 0.414 e. The molecule has 4 rings (SSSR count). The third kappa shape index (κ3) is 4.67. The Bertz CT molecular complexity index is 1010. The molecule has 0 saturated carbocycles. The van der Waals surface area contributed by atoms with Gasteiger partial charge in [-0.1, -0.05) is 11.6 Å². The van der Waals surface area contributed by atoms with Crippen LogP contribution >= 0.6 is 12.6 Å². The zero-order valence-corrected chi connectivity index (χ0v) is 17.9. The molecule has 0 aliphatic carbocycles. The molecule has 0 spiro atoms. The van der Waals surface area contributed by atoms with Crippen molar-refractivity contribution < 1.29 is 23.9 Å². The number of anilines is 2. The number of thiol groups is 1. The van der Waals surface area contributed by atoms with Gasteiger partial charge in [-0.3, -0.25) is 14.5 Å². The van der Waals surface area contributed by atoms with Crippen LogP contribution in [0.5, 0.6) is 0 Å². The highest BCUT2D eigenvalue weighted by molar-refractivity contribution is 7.80. The fraction of sp³-hybridized carbons (Fsp3) is 0.318. The predicted octanol–water partition coefficient (Wildman–Crippen LogP) is 2.40. The number of rotatable bonds is 5. The summed E-state index contributed by atoms with van der Waals surface area (Å²) < 4.78 is 10.6. The number of aryl methyl sites for hydroxylation is 1. The Kier molecular flexibility index (Phi) is 6.15. The van der Waals surface area contributed by atoms with Crippen LogP contribution in [-0.2, 0) is 14.3 Å². The largest absolute Gasteiger partial charge is 0.442 e. The standard InChI is InChI=1S/C22H23N3O5S/c1-14-2-7-19(31)18(10-14)21(27)23-11-17-12-25(22(28)30-17)16-5-3-15(4-6-16)24-8-9-29-13-20(24)26/h2-7,10,17,31H,8-9,11-13H2,1H3,(H,23,27)/t17-/m0/s1. The van der Waals surface area contributed by atoms with Gasteiger partial charge in [-0.15, -0.1) is 12.6 Å². The Balaban J connectivity index is 1.36. The van der Waals surface area contributed by atoms with Crippen molar-refractivity contribution in [3.8, 4) is 0 Å². The number of cyclic esters (lactones) is 1. The predicted molar refractivity (Wildman–Crippen MR) is 118 cm³/mol. The van der Waals surface area contributed by atoms with E-state index in [1.165, 1.54) is 4.90 Å². The molecule has 1 N–H and O–H groups in total. The fourth-order valence-corrected chi connectivity index (χ4v) is 3.82. The van der Waals surface area contributed by atoms with Crippen LogP contribution in [0.2, 0.25) is 0 Å². The first kappa shape index (κ1) is 21.2. The molecule has 2 aromatic rings. The molecule has 8 nitrogen and oxygen atoms in total. The summed E-state index contributed by atoms with van der Waals surface area (Å²) in [4.78, 5) is 40.5. The van der Waals surface area contributed by atoms with Gasteiger partial charge in [-0.25, -0.2) is 4.79 Å². The van der Waals surface area contributed by atoms with Crippen LogP contribution in [0, 0.1) is 6.92 Å². The Morgan fingerprint density at radius 2 is 1.84 bits per heavy atom. The van der Waals surface area contributed by atoms with Gasteiger partial charge >= 0.3 is 6.09 Å². The average molecular weight is 442 g/mol. The van der Waals surface area contributed by atoms with E-state index in [-0.39, 0.29) is 25.0 Å². The van der Waals surface area contributed by atoms with Crippen LogP contribution in [-0.4, -0.2) is 56.9 Å². The van der Waals surface area contributed by atoms with E-state index in [0.717, 1.165) is 11.3 Å². The second kappa shape index (κ2) is 8.99. The molecular formula is C22H23N3O5S. The lowest BCUT2D eigenvalue weighted by molar-refractivity contribution is -0.125. The second-order valence-electron chi connectivity index (χ2n) is 7.46. The van der Waals surface area contributed by atoms with Gasteiger partial charge in [0, 0.05) is 22.8 Å². The summed E-state index contributed by atoms with van der Waals surface area (Å²) in [6.07, 6.45) is -0.940. The minimum Gasteiger partial charge on any atom is -0.442 e. The molecule has 1 atom stereocenters. The van der Waals surface area contributed by atoms with Gasteiger partial charge in [0.1, 0.15) is 12.7 Å².